The van der Waals surface area contributed by atoms with Gasteiger partial charge in [0.05, 0.1) is 37.9 Å². The molecule has 0 spiro atoms. The number of hydrogen-bond acceptors (Lipinski definition) is 3. The number of nitrogens with zero attached hydrogens (tertiary/aromatic N) is 3. The van der Waals surface area contributed by atoms with Crippen molar-refractivity contribution in [3.05, 3.63) is 33.6 Å². The van der Waals surface area contributed by atoms with Crippen molar-refractivity contribution in [2.24, 2.45) is 5.41 Å². The molecule has 1 aromatic heterocycles. The van der Waals surface area contributed by atoms with Crippen molar-refractivity contribution in [1.29, 1.82) is 0 Å². The SMILES string of the molecule is CC1(C)C2CCC1(C(=O)N1CCCCCC1)c1nc3cc(Cl)c(Cl)cc3nc12. The number of carbonyl (C=O) groups excluding carboxylic acids is 1. The van der Waals surface area contributed by atoms with Gasteiger partial charge in [-0.2, -0.15) is 0 Å². The van der Waals surface area contributed by atoms with Crippen molar-refractivity contribution < 1.29 is 4.79 Å². The highest BCUT2D eigenvalue weighted by Crippen LogP contribution is 2.67. The van der Waals surface area contributed by atoms with Crippen LogP contribution in [0.1, 0.15) is 69.7 Å². The highest BCUT2D eigenvalue weighted by molar-refractivity contribution is 6.42. The van der Waals surface area contributed by atoms with Crippen LogP contribution in [-0.4, -0.2) is 33.9 Å². The van der Waals surface area contributed by atoms with Gasteiger partial charge in [0, 0.05) is 19.0 Å². The molecule has 1 saturated heterocycles. The Kier molecular flexibility index (Phi) is 4.19. The largest absolute Gasteiger partial charge is 0.342 e. The molecule has 148 valence electrons. The molecule has 2 aromatic rings. The second kappa shape index (κ2) is 6.30. The maximum atomic E-state index is 14.0. The topological polar surface area (TPSA) is 46.1 Å². The predicted octanol–water partition coefficient (Wildman–Crippen LogP) is 5.49. The van der Waals surface area contributed by atoms with Gasteiger partial charge < -0.3 is 4.90 Å². The lowest BCUT2D eigenvalue weighted by molar-refractivity contribution is -0.141. The lowest BCUT2D eigenvalue weighted by atomic mass is 9.67. The maximum absolute atomic E-state index is 14.0. The fraction of sp³-hybridized carbons (Fsp3) is 0.591. The Labute approximate surface area is 175 Å². The zero-order chi connectivity index (χ0) is 19.7. The summed E-state index contributed by atoms with van der Waals surface area (Å²) in [6, 6.07) is 3.56. The summed E-state index contributed by atoms with van der Waals surface area (Å²) in [6.07, 6.45) is 6.45. The molecular formula is C22H25Cl2N3O. The number of hydrogen-bond donors (Lipinski definition) is 0. The first kappa shape index (κ1) is 18.6. The van der Waals surface area contributed by atoms with E-state index in [9.17, 15) is 4.79 Å². The minimum Gasteiger partial charge on any atom is -0.342 e. The number of amides is 1. The zero-order valence-electron chi connectivity index (χ0n) is 16.4. The van der Waals surface area contributed by atoms with E-state index in [-0.39, 0.29) is 17.2 Å². The van der Waals surface area contributed by atoms with Gasteiger partial charge in [0.1, 0.15) is 0 Å². The maximum Gasteiger partial charge on any atom is 0.235 e. The Morgan fingerprint density at radius 2 is 1.64 bits per heavy atom. The van der Waals surface area contributed by atoms with E-state index in [1.165, 1.54) is 12.8 Å². The van der Waals surface area contributed by atoms with Gasteiger partial charge in [-0.1, -0.05) is 49.9 Å². The quantitative estimate of drug-likeness (QED) is 0.615. The van der Waals surface area contributed by atoms with Crippen LogP contribution in [0.2, 0.25) is 10.0 Å². The summed E-state index contributed by atoms with van der Waals surface area (Å²) in [5.74, 6) is 0.513. The summed E-state index contributed by atoms with van der Waals surface area (Å²) in [4.78, 5) is 26.0. The summed E-state index contributed by atoms with van der Waals surface area (Å²) in [7, 11) is 0. The van der Waals surface area contributed by atoms with Crippen molar-refractivity contribution >= 4 is 40.1 Å². The van der Waals surface area contributed by atoms with E-state index in [0.29, 0.717) is 10.0 Å². The molecule has 2 atom stereocenters. The molecule has 2 aliphatic carbocycles. The highest BCUT2D eigenvalue weighted by Gasteiger charge is 2.68. The van der Waals surface area contributed by atoms with Gasteiger partial charge in [0.25, 0.3) is 0 Å². The van der Waals surface area contributed by atoms with Gasteiger partial charge in [-0.05, 0) is 43.2 Å². The van der Waals surface area contributed by atoms with Crippen LogP contribution in [0, 0.1) is 5.41 Å². The monoisotopic (exact) mass is 417 g/mol. The summed E-state index contributed by atoms with van der Waals surface area (Å²) in [5, 5.41) is 0.958. The smallest absolute Gasteiger partial charge is 0.235 e. The first-order valence-electron chi connectivity index (χ1n) is 10.3. The molecule has 3 aliphatic rings. The van der Waals surface area contributed by atoms with Gasteiger partial charge in [-0.25, -0.2) is 9.97 Å². The molecule has 4 nitrogen and oxygen atoms in total. The van der Waals surface area contributed by atoms with Crippen LogP contribution in [-0.2, 0) is 10.2 Å². The molecule has 0 radical (unpaired) electrons. The molecule has 2 unspecified atom stereocenters. The molecule has 2 fully saturated rings. The Hall–Kier alpha value is -1.39. The van der Waals surface area contributed by atoms with Gasteiger partial charge in [0.2, 0.25) is 5.91 Å². The van der Waals surface area contributed by atoms with Gasteiger partial charge >= 0.3 is 0 Å². The Morgan fingerprint density at radius 3 is 2.29 bits per heavy atom. The molecule has 6 heteroatoms. The highest BCUT2D eigenvalue weighted by atomic mass is 35.5. The average molecular weight is 418 g/mol. The Bertz CT molecular complexity index is 981. The van der Waals surface area contributed by atoms with E-state index >= 15 is 0 Å². The van der Waals surface area contributed by atoms with Crippen molar-refractivity contribution in [3.8, 4) is 0 Å². The molecule has 1 saturated carbocycles. The number of aromatic nitrogens is 2. The van der Waals surface area contributed by atoms with Crippen LogP contribution < -0.4 is 0 Å². The molecule has 0 N–H and O–H groups in total. The van der Waals surface area contributed by atoms with Crippen LogP contribution in [0.5, 0.6) is 0 Å². The van der Waals surface area contributed by atoms with E-state index < -0.39 is 5.41 Å². The third-order valence-corrected chi connectivity index (χ3v) is 8.23. The number of carbonyl (C=O) groups is 1. The van der Waals surface area contributed by atoms with Crippen LogP contribution in [0.3, 0.4) is 0 Å². The van der Waals surface area contributed by atoms with Crippen LogP contribution in [0.15, 0.2) is 12.1 Å². The van der Waals surface area contributed by atoms with Crippen molar-refractivity contribution in [1.82, 2.24) is 14.9 Å². The van der Waals surface area contributed by atoms with E-state index in [1.807, 2.05) is 0 Å². The third-order valence-electron chi connectivity index (χ3n) is 7.51. The van der Waals surface area contributed by atoms with Gasteiger partial charge in [0.15, 0.2) is 0 Å². The first-order valence-corrected chi connectivity index (χ1v) is 11.1. The minimum absolute atomic E-state index is 0.191. The standard InChI is InChI=1S/C22H25Cl2N3O/c1-21(2)13-7-8-22(21,20(28)27-9-5-3-4-6-10-27)19-18(13)25-16-11-14(23)15(24)12-17(16)26-19/h11-13H,3-10H2,1-2H3. The number of likely N-dealkylation sites (tertiary alicyclic amines) is 1. The zero-order valence-corrected chi connectivity index (χ0v) is 17.9. The molecule has 1 aliphatic heterocycles. The molecule has 2 heterocycles. The van der Waals surface area contributed by atoms with Gasteiger partial charge in [-0.3, -0.25) is 4.79 Å². The second-order valence-electron chi connectivity index (χ2n) is 9.14. The van der Waals surface area contributed by atoms with Crippen molar-refractivity contribution in [2.75, 3.05) is 13.1 Å². The summed E-state index contributed by atoms with van der Waals surface area (Å²) >= 11 is 12.4. The fourth-order valence-corrected chi connectivity index (χ4v) is 6.21. The molecule has 1 amide bonds. The third kappa shape index (κ3) is 2.34. The predicted molar refractivity (Wildman–Crippen MR) is 112 cm³/mol. The number of benzene rings is 1. The minimum atomic E-state index is -0.579. The summed E-state index contributed by atoms with van der Waals surface area (Å²) in [5.41, 5.74) is 2.58. The van der Waals surface area contributed by atoms with E-state index in [4.69, 9.17) is 33.2 Å². The van der Waals surface area contributed by atoms with Crippen molar-refractivity contribution in [3.63, 3.8) is 0 Å². The Balaban J connectivity index is 1.69. The van der Waals surface area contributed by atoms with Crippen LogP contribution in [0.25, 0.3) is 11.0 Å². The van der Waals surface area contributed by atoms with Crippen LogP contribution >= 0.6 is 23.2 Å². The first-order chi connectivity index (χ1) is 13.4. The number of rotatable bonds is 1. The molecule has 28 heavy (non-hydrogen) atoms. The lowest BCUT2D eigenvalue weighted by Crippen LogP contribution is -2.51. The summed E-state index contributed by atoms with van der Waals surface area (Å²) in [6.45, 7) is 6.18. The fourth-order valence-electron chi connectivity index (χ4n) is 5.89. The Morgan fingerprint density at radius 1 is 1.04 bits per heavy atom. The molecule has 5 rings (SSSR count). The molecule has 2 bridgehead atoms. The molecule has 1 aromatic carbocycles. The van der Waals surface area contributed by atoms with E-state index in [1.54, 1.807) is 12.1 Å². The second-order valence-corrected chi connectivity index (χ2v) is 9.95. The number of fused-ring (bicyclic) bond motifs is 6. The summed E-state index contributed by atoms with van der Waals surface area (Å²) < 4.78 is 0. The lowest BCUT2D eigenvalue weighted by Gasteiger charge is -2.40. The van der Waals surface area contributed by atoms with Gasteiger partial charge in [-0.15, -0.1) is 0 Å². The van der Waals surface area contributed by atoms with E-state index in [0.717, 1.165) is 61.2 Å². The van der Waals surface area contributed by atoms with Crippen molar-refractivity contribution in [2.45, 2.75) is 63.7 Å². The van der Waals surface area contributed by atoms with Crippen LogP contribution in [0.4, 0.5) is 0 Å². The number of halogens is 2. The normalized spacial score (nSPS) is 28.4. The average Bonchev–Trinajstić information content (AvgIpc) is 2.90. The molecular weight excluding hydrogens is 393 g/mol. The van der Waals surface area contributed by atoms with E-state index in [2.05, 4.69) is 18.7 Å².